The molecule has 0 radical (unpaired) electrons. The average molecular weight is 367 g/mol. The molecule has 0 aliphatic heterocycles. The lowest BCUT2D eigenvalue weighted by Gasteiger charge is -2.23. The molecule has 0 unspecified atom stereocenters. The van der Waals surface area contributed by atoms with E-state index < -0.39 is 17.8 Å². The second kappa shape index (κ2) is 9.13. The van der Waals surface area contributed by atoms with Gasteiger partial charge in [-0.25, -0.2) is 0 Å². The van der Waals surface area contributed by atoms with Crippen LogP contribution >= 0.6 is 11.6 Å². The van der Waals surface area contributed by atoms with E-state index >= 15 is 0 Å². The van der Waals surface area contributed by atoms with Gasteiger partial charge in [-0.1, -0.05) is 25.4 Å². The molecule has 0 bridgehead atoms. The summed E-state index contributed by atoms with van der Waals surface area (Å²) in [5.74, 6) is -0.351. The third-order valence-corrected chi connectivity index (χ3v) is 3.62. The quantitative estimate of drug-likeness (QED) is 0.685. The van der Waals surface area contributed by atoms with Gasteiger partial charge in [0.25, 0.3) is 0 Å². The van der Waals surface area contributed by atoms with Gasteiger partial charge in [-0.2, -0.15) is 13.2 Å². The summed E-state index contributed by atoms with van der Waals surface area (Å²) in [4.78, 5) is 12.2. The Kier molecular flexibility index (Phi) is 7.83. The lowest BCUT2D eigenvalue weighted by molar-refractivity contribution is -0.137. The summed E-state index contributed by atoms with van der Waals surface area (Å²) < 4.78 is 43.1. The molecule has 1 rings (SSSR count). The molecule has 0 aromatic heterocycles. The van der Waals surface area contributed by atoms with E-state index in [0.717, 1.165) is 12.1 Å². The Morgan fingerprint density at radius 1 is 1.33 bits per heavy atom. The SMILES string of the molecule is CCOCCNC(=O)[C@@H](Nc1ccc(C(F)(F)F)cc1Cl)C(C)C. The third kappa shape index (κ3) is 6.20. The van der Waals surface area contributed by atoms with Crippen molar-refractivity contribution < 1.29 is 22.7 Å². The fourth-order valence-electron chi connectivity index (χ4n) is 2.01. The van der Waals surface area contributed by atoms with Gasteiger partial charge in [-0.05, 0) is 31.0 Å². The molecule has 0 fully saturated rings. The van der Waals surface area contributed by atoms with Crippen LogP contribution in [0.15, 0.2) is 18.2 Å². The molecule has 2 N–H and O–H groups in total. The minimum atomic E-state index is -4.46. The first kappa shape index (κ1) is 20.6. The summed E-state index contributed by atoms with van der Waals surface area (Å²) in [5.41, 5.74) is -0.552. The number of carbonyl (C=O) groups is 1. The van der Waals surface area contributed by atoms with Crippen molar-refractivity contribution >= 4 is 23.2 Å². The highest BCUT2D eigenvalue weighted by atomic mass is 35.5. The minimum absolute atomic E-state index is 0.0856. The second-order valence-electron chi connectivity index (χ2n) is 5.55. The molecule has 1 amide bonds. The zero-order valence-electron chi connectivity index (χ0n) is 13.8. The largest absolute Gasteiger partial charge is 0.416 e. The van der Waals surface area contributed by atoms with E-state index in [1.165, 1.54) is 6.07 Å². The van der Waals surface area contributed by atoms with E-state index in [2.05, 4.69) is 10.6 Å². The van der Waals surface area contributed by atoms with Gasteiger partial charge in [0, 0.05) is 13.2 Å². The van der Waals surface area contributed by atoms with Gasteiger partial charge in [0.1, 0.15) is 6.04 Å². The van der Waals surface area contributed by atoms with Crippen LogP contribution in [-0.2, 0) is 15.7 Å². The van der Waals surface area contributed by atoms with Crippen molar-refractivity contribution in [1.29, 1.82) is 0 Å². The molecule has 0 aliphatic carbocycles. The average Bonchev–Trinajstić information content (AvgIpc) is 2.48. The zero-order chi connectivity index (χ0) is 18.3. The standard InChI is InChI=1S/C16H22ClF3N2O2/c1-4-24-8-7-21-15(23)14(10(2)3)22-13-6-5-11(9-12(13)17)16(18,19)20/h5-6,9-10,14,22H,4,7-8H2,1-3H3,(H,21,23)/t14-/m0/s1. The Morgan fingerprint density at radius 3 is 2.50 bits per heavy atom. The first-order valence-corrected chi connectivity index (χ1v) is 8.03. The van der Waals surface area contributed by atoms with E-state index in [4.69, 9.17) is 16.3 Å². The van der Waals surface area contributed by atoms with E-state index in [0.29, 0.717) is 19.8 Å². The number of benzene rings is 1. The van der Waals surface area contributed by atoms with E-state index in [9.17, 15) is 18.0 Å². The molecular weight excluding hydrogens is 345 g/mol. The molecule has 0 spiro atoms. The normalized spacial score (nSPS) is 13.0. The number of rotatable bonds is 8. The molecule has 0 saturated carbocycles. The monoisotopic (exact) mass is 366 g/mol. The summed E-state index contributed by atoms with van der Waals surface area (Å²) >= 11 is 5.92. The Labute approximate surface area is 144 Å². The van der Waals surface area contributed by atoms with Gasteiger partial charge in [0.2, 0.25) is 5.91 Å². The first-order chi connectivity index (χ1) is 11.2. The Balaban J connectivity index is 2.80. The van der Waals surface area contributed by atoms with Gasteiger partial charge in [-0.3, -0.25) is 4.79 Å². The molecule has 1 atom stereocenters. The molecule has 136 valence electrons. The zero-order valence-corrected chi connectivity index (χ0v) is 14.6. The number of amides is 1. The summed E-state index contributed by atoms with van der Waals surface area (Å²) in [7, 11) is 0. The number of nitrogens with one attached hydrogen (secondary N) is 2. The fraction of sp³-hybridized carbons (Fsp3) is 0.562. The Morgan fingerprint density at radius 2 is 2.00 bits per heavy atom. The predicted molar refractivity (Wildman–Crippen MR) is 88.2 cm³/mol. The van der Waals surface area contributed by atoms with Crippen molar-refractivity contribution in [3.8, 4) is 0 Å². The van der Waals surface area contributed by atoms with Gasteiger partial charge in [-0.15, -0.1) is 0 Å². The van der Waals surface area contributed by atoms with Crippen molar-refractivity contribution in [1.82, 2.24) is 5.32 Å². The van der Waals surface area contributed by atoms with Crippen molar-refractivity contribution in [2.24, 2.45) is 5.92 Å². The first-order valence-electron chi connectivity index (χ1n) is 7.65. The highest BCUT2D eigenvalue weighted by molar-refractivity contribution is 6.33. The lowest BCUT2D eigenvalue weighted by Crippen LogP contribution is -2.44. The van der Waals surface area contributed by atoms with Crippen LogP contribution in [0.3, 0.4) is 0 Å². The number of hydrogen-bond acceptors (Lipinski definition) is 3. The van der Waals surface area contributed by atoms with Crippen molar-refractivity contribution in [2.75, 3.05) is 25.1 Å². The van der Waals surface area contributed by atoms with Gasteiger partial charge >= 0.3 is 6.18 Å². The number of alkyl halides is 3. The second-order valence-corrected chi connectivity index (χ2v) is 5.95. The van der Waals surface area contributed by atoms with Crippen molar-refractivity contribution in [2.45, 2.75) is 33.0 Å². The summed E-state index contributed by atoms with van der Waals surface area (Å²) in [6.07, 6.45) is -4.46. The molecule has 4 nitrogen and oxygen atoms in total. The third-order valence-electron chi connectivity index (χ3n) is 3.31. The molecule has 0 heterocycles. The van der Waals surface area contributed by atoms with Crippen LogP contribution in [0.2, 0.25) is 5.02 Å². The highest BCUT2D eigenvalue weighted by Crippen LogP contribution is 2.34. The molecule has 1 aromatic rings. The van der Waals surface area contributed by atoms with Gasteiger partial charge < -0.3 is 15.4 Å². The van der Waals surface area contributed by atoms with E-state index in [-0.39, 0.29) is 22.5 Å². The Bertz CT molecular complexity index is 551. The highest BCUT2D eigenvalue weighted by Gasteiger charge is 2.31. The van der Waals surface area contributed by atoms with Crippen LogP contribution in [0.5, 0.6) is 0 Å². The van der Waals surface area contributed by atoms with E-state index in [1.54, 1.807) is 0 Å². The molecular formula is C16H22ClF3N2O2. The topological polar surface area (TPSA) is 50.4 Å². The summed E-state index contributed by atoms with van der Waals surface area (Å²) in [6.45, 7) is 6.83. The minimum Gasteiger partial charge on any atom is -0.380 e. The van der Waals surface area contributed by atoms with E-state index in [1.807, 2.05) is 20.8 Å². The van der Waals surface area contributed by atoms with Gasteiger partial charge in [0.15, 0.2) is 0 Å². The number of hydrogen-bond donors (Lipinski definition) is 2. The van der Waals surface area contributed by atoms with Crippen LogP contribution in [0.1, 0.15) is 26.3 Å². The van der Waals surface area contributed by atoms with Crippen LogP contribution in [0.4, 0.5) is 18.9 Å². The van der Waals surface area contributed by atoms with Gasteiger partial charge in [0.05, 0.1) is 22.9 Å². The number of halogens is 4. The molecule has 1 aromatic carbocycles. The van der Waals surface area contributed by atoms with Crippen molar-refractivity contribution in [3.05, 3.63) is 28.8 Å². The smallest absolute Gasteiger partial charge is 0.380 e. The molecule has 0 aliphatic rings. The summed E-state index contributed by atoms with van der Waals surface area (Å²) in [5, 5.41) is 5.55. The maximum absolute atomic E-state index is 12.7. The van der Waals surface area contributed by atoms with Crippen LogP contribution in [-0.4, -0.2) is 31.7 Å². The maximum atomic E-state index is 12.7. The lowest BCUT2D eigenvalue weighted by atomic mass is 10.0. The number of carbonyl (C=O) groups excluding carboxylic acids is 1. The maximum Gasteiger partial charge on any atom is 0.416 e. The van der Waals surface area contributed by atoms with Crippen LogP contribution < -0.4 is 10.6 Å². The summed E-state index contributed by atoms with van der Waals surface area (Å²) in [6, 6.07) is 2.38. The molecule has 0 saturated heterocycles. The fourth-order valence-corrected chi connectivity index (χ4v) is 2.25. The molecule has 8 heteroatoms. The van der Waals surface area contributed by atoms with Crippen molar-refractivity contribution in [3.63, 3.8) is 0 Å². The Hall–Kier alpha value is -1.47. The number of ether oxygens (including phenoxy) is 1. The molecule has 24 heavy (non-hydrogen) atoms. The number of anilines is 1. The predicted octanol–water partition coefficient (Wildman–Crippen LogP) is 3.95. The van der Waals surface area contributed by atoms with Crippen LogP contribution in [0, 0.1) is 5.92 Å². The van der Waals surface area contributed by atoms with Crippen LogP contribution in [0.25, 0.3) is 0 Å².